The lowest BCUT2D eigenvalue weighted by Crippen LogP contribution is -2.04. The van der Waals surface area contributed by atoms with Gasteiger partial charge in [-0.15, -0.1) is 0 Å². The van der Waals surface area contributed by atoms with Crippen LogP contribution in [0.3, 0.4) is 0 Å². The van der Waals surface area contributed by atoms with Gasteiger partial charge in [0.15, 0.2) is 0 Å². The van der Waals surface area contributed by atoms with E-state index in [0.29, 0.717) is 18.4 Å². The van der Waals surface area contributed by atoms with Crippen molar-refractivity contribution in [3.63, 3.8) is 0 Å². The molecule has 2 atom stereocenters. The van der Waals surface area contributed by atoms with Crippen LogP contribution in [0.25, 0.3) is 0 Å². The van der Waals surface area contributed by atoms with Gasteiger partial charge in [0.25, 0.3) is 5.69 Å². The van der Waals surface area contributed by atoms with Gasteiger partial charge in [-0.1, -0.05) is 12.1 Å². The van der Waals surface area contributed by atoms with Crippen LogP contribution < -0.4 is 5.73 Å². The summed E-state index contributed by atoms with van der Waals surface area (Å²) in [5.41, 5.74) is 7.71. The average Bonchev–Trinajstić information content (AvgIpc) is 2.96. The second-order valence-corrected chi connectivity index (χ2v) is 4.10. The van der Waals surface area contributed by atoms with Gasteiger partial charge in [0, 0.05) is 11.6 Å². The molecule has 15 heavy (non-hydrogen) atoms. The molecule has 0 radical (unpaired) electrons. The molecule has 2 N–H and O–H groups in total. The molecule has 1 aromatic carbocycles. The number of rotatable bonds is 3. The highest BCUT2D eigenvalue weighted by Gasteiger charge is 2.41. The number of nitro benzene ring substituents is 1. The lowest BCUT2D eigenvalue weighted by molar-refractivity contribution is -0.385. The molecule has 0 spiro atoms. The van der Waals surface area contributed by atoms with Crippen LogP contribution in [0.1, 0.15) is 23.5 Å². The molecular weight excluding hydrogens is 192 g/mol. The molecule has 0 saturated heterocycles. The van der Waals surface area contributed by atoms with Crippen LogP contribution in [0.5, 0.6) is 0 Å². The molecule has 1 saturated carbocycles. The topological polar surface area (TPSA) is 69.2 Å². The lowest BCUT2D eigenvalue weighted by atomic mass is 10.0. The molecule has 4 heteroatoms. The molecule has 0 aromatic heterocycles. The molecule has 0 bridgehead atoms. The third-order valence-corrected chi connectivity index (χ3v) is 3.09. The number of aryl methyl sites for hydroxylation is 1. The van der Waals surface area contributed by atoms with Crippen molar-refractivity contribution in [2.75, 3.05) is 6.54 Å². The van der Waals surface area contributed by atoms with Gasteiger partial charge in [0.1, 0.15) is 0 Å². The fraction of sp³-hybridized carbons (Fsp3) is 0.455. The summed E-state index contributed by atoms with van der Waals surface area (Å²) in [6.07, 6.45) is 0.988. The van der Waals surface area contributed by atoms with Gasteiger partial charge in [0.05, 0.1) is 4.92 Å². The van der Waals surface area contributed by atoms with Crippen molar-refractivity contribution < 1.29 is 4.92 Å². The van der Waals surface area contributed by atoms with Crippen molar-refractivity contribution in [2.24, 2.45) is 11.7 Å². The van der Waals surface area contributed by atoms with Crippen LogP contribution in [0.15, 0.2) is 18.2 Å². The Balaban J connectivity index is 2.40. The zero-order valence-corrected chi connectivity index (χ0v) is 8.64. The quantitative estimate of drug-likeness (QED) is 0.607. The average molecular weight is 206 g/mol. The summed E-state index contributed by atoms with van der Waals surface area (Å²) in [4.78, 5) is 10.6. The van der Waals surface area contributed by atoms with Gasteiger partial charge in [-0.3, -0.25) is 10.1 Å². The predicted octanol–water partition coefficient (Wildman–Crippen LogP) is 1.97. The molecule has 0 unspecified atom stereocenters. The Hall–Kier alpha value is -1.42. The smallest absolute Gasteiger partial charge is 0.273 e. The summed E-state index contributed by atoms with van der Waals surface area (Å²) in [7, 11) is 0. The number of hydrogen-bond donors (Lipinski definition) is 1. The Bertz CT molecular complexity index is 404. The molecule has 4 nitrogen and oxygen atoms in total. The summed E-state index contributed by atoms with van der Waals surface area (Å²) in [5.74, 6) is 0.737. The molecule has 0 heterocycles. The predicted molar refractivity (Wildman–Crippen MR) is 57.7 cm³/mol. The van der Waals surface area contributed by atoms with E-state index in [-0.39, 0.29) is 10.6 Å². The number of benzene rings is 1. The first-order valence-electron chi connectivity index (χ1n) is 5.09. The number of nitrogens with two attached hydrogens (primary N) is 1. The second-order valence-electron chi connectivity index (χ2n) is 4.10. The Kier molecular flexibility index (Phi) is 2.44. The first-order chi connectivity index (χ1) is 7.15. The normalized spacial score (nSPS) is 23.9. The zero-order valence-electron chi connectivity index (χ0n) is 8.64. The highest BCUT2D eigenvalue weighted by molar-refractivity contribution is 5.49. The molecule has 0 amide bonds. The van der Waals surface area contributed by atoms with Gasteiger partial charge >= 0.3 is 0 Å². The largest absolute Gasteiger partial charge is 0.330 e. The maximum atomic E-state index is 10.9. The molecule has 1 fully saturated rings. The van der Waals surface area contributed by atoms with Crippen molar-refractivity contribution in [2.45, 2.75) is 19.3 Å². The van der Waals surface area contributed by atoms with Gasteiger partial charge in [-0.25, -0.2) is 0 Å². The maximum Gasteiger partial charge on any atom is 0.273 e. The Morgan fingerprint density at radius 1 is 1.60 bits per heavy atom. The molecule has 2 rings (SSSR count). The van der Waals surface area contributed by atoms with Gasteiger partial charge in [-0.2, -0.15) is 0 Å². The van der Waals surface area contributed by atoms with Gasteiger partial charge in [-0.05, 0) is 37.3 Å². The molecule has 1 aliphatic carbocycles. The first kappa shape index (κ1) is 10.1. The van der Waals surface area contributed by atoms with E-state index in [1.807, 2.05) is 13.0 Å². The summed E-state index contributed by atoms with van der Waals surface area (Å²) >= 11 is 0. The lowest BCUT2D eigenvalue weighted by Gasteiger charge is -2.05. The first-order valence-corrected chi connectivity index (χ1v) is 5.09. The van der Waals surface area contributed by atoms with Crippen molar-refractivity contribution >= 4 is 5.69 Å². The molecule has 80 valence electrons. The molecule has 1 aromatic rings. The van der Waals surface area contributed by atoms with Crippen molar-refractivity contribution in [1.29, 1.82) is 0 Å². The summed E-state index contributed by atoms with van der Waals surface area (Å²) in [6, 6.07) is 5.24. The number of nitro groups is 1. The van der Waals surface area contributed by atoms with E-state index >= 15 is 0 Å². The van der Waals surface area contributed by atoms with Gasteiger partial charge in [0.2, 0.25) is 0 Å². The van der Waals surface area contributed by atoms with E-state index in [4.69, 9.17) is 5.73 Å². The minimum absolute atomic E-state index is 0.246. The Morgan fingerprint density at radius 3 is 2.87 bits per heavy atom. The van der Waals surface area contributed by atoms with E-state index in [2.05, 4.69) is 0 Å². The van der Waals surface area contributed by atoms with E-state index < -0.39 is 0 Å². The SMILES string of the molecule is Cc1cccc([N+](=O)[O-])c1[C@@H]1C[C@H]1CN. The third kappa shape index (κ3) is 1.72. The number of nitrogens with zero attached hydrogens (tertiary/aromatic N) is 1. The van der Waals surface area contributed by atoms with Crippen LogP contribution >= 0.6 is 0 Å². The van der Waals surface area contributed by atoms with E-state index in [1.165, 1.54) is 0 Å². The van der Waals surface area contributed by atoms with E-state index in [0.717, 1.165) is 17.5 Å². The molecule has 1 aliphatic rings. The van der Waals surface area contributed by atoms with Crippen molar-refractivity contribution in [3.05, 3.63) is 39.4 Å². The van der Waals surface area contributed by atoms with Crippen LogP contribution in [-0.2, 0) is 0 Å². The zero-order chi connectivity index (χ0) is 11.0. The highest BCUT2D eigenvalue weighted by atomic mass is 16.6. The third-order valence-electron chi connectivity index (χ3n) is 3.09. The maximum absolute atomic E-state index is 10.9. The molecular formula is C11H14N2O2. The van der Waals surface area contributed by atoms with Crippen LogP contribution in [0, 0.1) is 23.0 Å². The van der Waals surface area contributed by atoms with Crippen LogP contribution in [0.4, 0.5) is 5.69 Å². The van der Waals surface area contributed by atoms with Gasteiger partial charge < -0.3 is 5.73 Å². The highest BCUT2D eigenvalue weighted by Crippen LogP contribution is 2.50. The monoisotopic (exact) mass is 206 g/mol. The summed E-state index contributed by atoms with van der Waals surface area (Å²) in [5, 5.41) is 10.9. The summed E-state index contributed by atoms with van der Waals surface area (Å²) < 4.78 is 0. The summed E-state index contributed by atoms with van der Waals surface area (Å²) in [6.45, 7) is 2.55. The Labute approximate surface area is 88.2 Å². The second kappa shape index (κ2) is 3.62. The number of hydrogen-bond acceptors (Lipinski definition) is 3. The van der Waals surface area contributed by atoms with Crippen molar-refractivity contribution in [1.82, 2.24) is 0 Å². The fourth-order valence-electron chi connectivity index (χ4n) is 2.17. The van der Waals surface area contributed by atoms with Crippen molar-refractivity contribution in [3.8, 4) is 0 Å². The van der Waals surface area contributed by atoms with Crippen LogP contribution in [-0.4, -0.2) is 11.5 Å². The minimum Gasteiger partial charge on any atom is -0.330 e. The van der Waals surface area contributed by atoms with E-state index in [1.54, 1.807) is 12.1 Å². The van der Waals surface area contributed by atoms with Crippen LogP contribution in [0.2, 0.25) is 0 Å². The molecule has 0 aliphatic heterocycles. The van der Waals surface area contributed by atoms with E-state index in [9.17, 15) is 10.1 Å². The Morgan fingerprint density at radius 2 is 2.33 bits per heavy atom. The fourth-order valence-corrected chi connectivity index (χ4v) is 2.17. The minimum atomic E-state index is -0.297. The standard InChI is InChI=1S/C11H14N2O2/c1-7-3-2-4-10(13(14)15)11(7)9-5-8(9)6-12/h2-4,8-9H,5-6,12H2,1H3/t8-,9+/m0/s1.